The molecule has 1 amide bonds. The minimum absolute atomic E-state index is 0.101. The van der Waals surface area contributed by atoms with Gasteiger partial charge in [0.2, 0.25) is 0 Å². The molecule has 6 heteroatoms. The first-order valence-corrected chi connectivity index (χ1v) is 8.98. The summed E-state index contributed by atoms with van der Waals surface area (Å²) in [7, 11) is 1.90. The fourth-order valence-corrected chi connectivity index (χ4v) is 3.15. The van der Waals surface area contributed by atoms with E-state index in [1.807, 2.05) is 62.3 Å². The summed E-state index contributed by atoms with van der Waals surface area (Å²) >= 11 is 0. The van der Waals surface area contributed by atoms with Gasteiger partial charge in [-0.1, -0.05) is 35.5 Å². The van der Waals surface area contributed by atoms with Crippen LogP contribution in [-0.4, -0.2) is 45.9 Å². The van der Waals surface area contributed by atoms with Gasteiger partial charge in [-0.05, 0) is 45.7 Å². The molecule has 1 fully saturated rings. The van der Waals surface area contributed by atoms with E-state index in [-0.39, 0.29) is 11.4 Å². The molecule has 1 aromatic carbocycles. The maximum absolute atomic E-state index is 13.2. The third-order valence-corrected chi connectivity index (χ3v) is 5.06. The highest BCUT2D eigenvalue weighted by Gasteiger charge is 2.31. The van der Waals surface area contributed by atoms with Crippen molar-refractivity contribution in [3.05, 3.63) is 47.8 Å². The van der Waals surface area contributed by atoms with Gasteiger partial charge in [0.05, 0.1) is 11.7 Å². The van der Waals surface area contributed by atoms with Crippen LogP contribution in [0.1, 0.15) is 50.4 Å². The molecule has 1 atom stereocenters. The number of nitrogens with zero attached hydrogens (tertiary/aromatic N) is 4. The minimum atomic E-state index is -0.465. The smallest absolute Gasteiger partial charge is 0.252 e. The van der Waals surface area contributed by atoms with Gasteiger partial charge in [-0.3, -0.25) is 4.79 Å². The summed E-state index contributed by atoms with van der Waals surface area (Å²) in [5.41, 5.74) is 1.47. The van der Waals surface area contributed by atoms with E-state index in [0.717, 1.165) is 37.2 Å². The summed E-state index contributed by atoms with van der Waals surface area (Å²) in [6.45, 7) is 5.74. The van der Waals surface area contributed by atoms with Crippen molar-refractivity contribution in [3.63, 3.8) is 0 Å². The largest absolute Gasteiger partial charge is 0.341 e. The Labute approximate surface area is 149 Å². The van der Waals surface area contributed by atoms with Crippen molar-refractivity contribution in [1.29, 1.82) is 0 Å². The van der Waals surface area contributed by atoms with E-state index in [9.17, 15) is 4.79 Å². The molecule has 25 heavy (non-hydrogen) atoms. The van der Waals surface area contributed by atoms with Crippen LogP contribution in [-0.2, 0) is 10.3 Å². The first kappa shape index (κ1) is 17.6. The Kier molecular flexibility index (Phi) is 5.18. The zero-order valence-corrected chi connectivity index (χ0v) is 15.3. The number of likely N-dealkylation sites (tertiary alicyclic amines) is 1. The molecule has 0 spiro atoms. The van der Waals surface area contributed by atoms with Crippen LogP contribution in [0.25, 0.3) is 0 Å². The lowest BCUT2D eigenvalue weighted by Gasteiger charge is -2.30. The molecule has 0 radical (unpaired) electrons. The van der Waals surface area contributed by atoms with E-state index in [0.29, 0.717) is 0 Å². The van der Waals surface area contributed by atoms with Crippen LogP contribution in [0.5, 0.6) is 0 Å². The zero-order valence-electron chi connectivity index (χ0n) is 15.3. The van der Waals surface area contributed by atoms with Crippen LogP contribution >= 0.6 is 0 Å². The summed E-state index contributed by atoms with van der Waals surface area (Å²) in [6.07, 6.45) is 5.23. The Morgan fingerprint density at radius 3 is 2.48 bits per heavy atom. The quantitative estimate of drug-likeness (QED) is 0.907. The molecule has 1 unspecified atom stereocenters. The van der Waals surface area contributed by atoms with E-state index in [1.54, 1.807) is 4.68 Å². The Balaban J connectivity index is 1.96. The molecule has 1 aromatic heterocycles. The van der Waals surface area contributed by atoms with Gasteiger partial charge >= 0.3 is 0 Å². The van der Waals surface area contributed by atoms with Gasteiger partial charge in [0.1, 0.15) is 5.69 Å². The first-order chi connectivity index (χ1) is 12.0. The number of carbonyl (C=O) groups is 1. The second-order valence-electron chi connectivity index (χ2n) is 7.16. The van der Waals surface area contributed by atoms with Crippen molar-refractivity contribution in [3.8, 4) is 0 Å². The van der Waals surface area contributed by atoms with Gasteiger partial charge in [0.25, 0.3) is 5.91 Å². The predicted molar refractivity (Wildman–Crippen MR) is 97.1 cm³/mol. The lowest BCUT2D eigenvalue weighted by atomic mass is 10.0. The number of amides is 1. The topological polar surface area (TPSA) is 63.1 Å². The first-order valence-electron chi connectivity index (χ1n) is 8.98. The summed E-state index contributed by atoms with van der Waals surface area (Å²) in [5.74, 6) is 0.101. The lowest BCUT2D eigenvalue weighted by molar-refractivity contribution is -0.134. The number of aromatic nitrogens is 3. The maximum atomic E-state index is 13.2. The van der Waals surface area contributed by atoms with Crippen LogP contribution in [0.15, 0.2) is 36.5 Å². The van der Waals surface area contributed by atoms with Crippen molar-refractivity contribution in [2.75, 3.05) is 20.1 Å². The van der Waals surface area contributed by atoms with Crippen molar-refractivity contribution in [1.82, 2.24) is 25.2 Å². The molecule has 3 rings (SSSR count). The number of rotatable bonds is 5. The van der Waals surface area contributed by atoms with Gasteiger partial charge in [-0.2, -0.15) is 0 Å². The highest BCUT2D eigenvalue weighted by molar-refractivity contribution is 5.83. The molecule has 0 bridgehead atoms. The Morgan fingerprint density at radius 2 is 1.84 bits per heavy atom. The Bertz CT molecular complexity index is 704. The van der Waals surface area contributed by atoms with Gasteiger partial charge < -0.3 is 10.2 Å². The van der Waals surface area contributed by atoms with Gasteiger partial charge in [-0.25, -0.2) is 4.68 Å². The second kappa shape index (κ2) is 7.35. The molecule has 1 N–H and O–H groups in total. The van der Waals surface area contributed by atoms with Gasteiger partial charge in [0.15, 0.2) is 6.04 Å². The van der Waals surface area contributed by atoms with E-state index in [4.69, 9.17) is 0 Å². The van der Waals surface area contributed by atoms with Crippen molar-refractivity contribution < 1.29 is 4.79 Å². The maximum Gasteiger partial charge on any atom is 0.252 e. The van der Waals surface area contributed by atoms with Gasteiger partial charge in [-0.15, -0.1) is 5.10 Å². The summed E-state index contributed by atoms with van der Waals surface area (Å²) in [6, 6.07) is 9.38. The highest BCUT2D eigenvalue weighted by atomic mass is 16.2. The number of hydrogen-bond acceptors (Lipinski definition) is 4. The van der Waals surface area contributed by atoms with Crippen LogP contribution in [0.4, 0.5) is 0 Å². The van der Waals surface area contributed by atoms with Crippen molar-refractivity contribution >= 4 is 5.91 Å². The molecular weight excluding hydrogens is 314 g/mol. The molecule has 6 nitrogen and oxygen atoms in total. The molecule has 2 heterocycles. The lowest BCUT2D eigenvalue weighted by Crippen LogP contribution is -2.41. The zero-order chi connectivity index (χ0) is 17.9. The monoisotopic (exact) mass is 341 g/mol. The van der Waals surface area contributed by atoms with Gasteiger partial charge in [0, 0.05) is 13.1 Å². The van der Waals surface area contributed by atoms with E-state index in [2.05, 4.69) is 15.6 Å². The number of hydrogen-bond donors (Lipinski definition) is 1. The Morgan fingerprint density at radius 1 is 1.16 bits per heavy atom. The highest BCUT2D eigenvalue weighted by Crippen LogP contribution is 2.24. The van der Waals surface area contributed by atoms with Crippen LogP contribution in [0, 0.1) is 0 Å². The molecule has 1 aliphatic rings. The molecule has 134 valence electrons. The molecular formula is C19H27N5O. The average Bonchev–Trinajstić information content (AvgIpc) is 3.14. The minimum Gasteiger partial charge on any atom is -0.341 e. The van der Waals surface area contributed by atoms with E-state index >= 15 is 0 Å². The molecule has 1 saturated heterocycles. The predicted octanol–water partition coefficient (Wildman–Crippen LogP) is 2.33. The van der Waals surface area contributed by atoms with Crippen molar-refractivity contribution in [2.24, 2.45) is 0 Å². The normalized spacial score (nSPS) is 16.7. The fourth-order valence-electron chi connectivity index (χ4n) is 3.15. The third kappa shape index (κ3) is 3.74. The standard InChI is InChI=1S/C19H27N5O/c1-19(2,20-3)16-14-24(22-21-16)17(15-10-6-4-7-11-15)18(25)23-12-8-5-9-13-23/h4,6-7,10-11,14,17,20H,5,8-9,12-13H2,1-3H3. The Hall–Kier alpha value is -2.21. The summed E-state index contributed by atoms with van der Waals surface area (Å²) in [5, 5.41) is 11.8. The average molecular weight is 341 g/mol. The number of nitrogens with one attached hydrogen (secondary N) is 1. The number of carbonyl (C=O) groups excluding carboxylic acids is 1. The van der Waals surface area contributed by atoms with Crippen LogP contribution < -0.4 is 5.32 Å². The van der Waals surface area contributed by atoms with Crippen molar-refractivity contribution in [2.45, 2.75) is 44.7 Å². The second-order valence-corrected chi connectivity index (χ2v) is 7.16. The molecule has 0 aliphatic carbocycles. The summed E-state index contributed by atoms with van der Waals surface area (Å²) < 4.78 is 1.71. The number of benzene rings is 1. The fraction of sp³-hybridized carbons (Fsp3) is 0.526. The summed E-state index contributed by atoms with van der Waals surface area (Å²) in [4.78, 5) is 15.2. The molecule has 0 saturated carbocycles. The number of piperidine rings is 1. The molecule has 1 aliphatic heterocycles. The van der Waals surface area contributed by atoms with E-state index in [1.165, 1.54) is 6.42 Å². The van der Waals surface area contributed by atoms with Crippen LogP contribution in [0.2, 0.25) is 0 Å². The molecule has 2 aromatic rings. The van der Waals surface area contributed by atoms with Crippen LogP contribution in [0.3, 0.4) is 0 Å². The van der Waals surface area contributed by atoms with E-state index < -0.39 is 6.04 Å². The third-order valence-electron chi connectivity index (χ3n) is 5.06. The SMILES string of the molecule is CNC(C)(C)c1cn(C(C(=O)N2CCCCC2)c2ccccc2)nn1.